The second kappa shape index (κ2) is 8.77. The van der Waals surface area contributed by atoms with Crippen LogP contribution in [0.4, 0.5) is 0 Å². The van der Waals surface area contributed by atoms with Gasteiger partial charge in [-0.1, -0.05) is 24.3 Å². The van der Waals surface area contributed by atoms with Crippen molar-refractivity contribution >= 4 is 33.5 Å². The fourth-order valence-electron chi connectivity index (χ4n) is 3.42. The number of fused-ring (bicyclic) bond motifs is 2. The van der Waals surface area contributed by atoms with E-state index in [0.29, 0.717) is 41.0 Å². The van der Waals surface area contributed by atoms with Gasteiger partial charge in [0.2, 0.25) is 5.75 Å². The van der Waals surface area contributed by atoms with Crippen LogP contribution in [0.15, 0.2) is 69.2 Å². The number of carbonyl (C=O) groups excluding carboxylic acids is 1. The molecule has 0 saturated carbocycles. The summed E-state index contributed by atoms with van der Waals surface area (Å²) in [6, 6.07) is 11.0. The Hall–Kier alpha value is -3.39. The fourth-order valence-corrected chi connectivity index (χ4v) is 3.79. The minimum atomic E-state index is -0.460. The molecule has 0 fully saturated rings. The van der Waals surface area contributed by atoms with E-state index < -0.39 is 5.91 Å². The maximum absolute atomic E-state index is 13.1. The first-order valence-corrected chi connectivity index (χ1v) is 10.3. The van der Waals surface area contributed by atoms with Crippen LogP contribution < -0.4 is 14.2 Å². The third-order valence-corrected chi connectivity index (χ3v) is 5.37. The lowest BCUT2D eigenvalue weighted by Crippen LogP contribution is -2.24. The van der Waals surface area contributed by atoms with E-state index in [9.17, 15) is 4.79 Å². The SMILES string of the molecule is COc1cc(C(=O)N=C2N=C3C=CC(Br)=CN3Cc3ccccc32)cc(OC)c1OC. The smallest absolute Gasteiger partial charge is 0.279 e. The first-order valence-electron chi connectivity index (χ1n) is 9.46. The van der Waals surface area contributed by atoms with Gasteiger partial charge in [0.15, 0.2) is 17.3 Å². The Kier molecular flexibility index (Phi) is 5.90. The van der Waals surface area contributed by atoms with E-state index >= 15 is 0 Å². The average molecular weight is 482 g/mol. The summed E-state index contributed by atoms with van der Waals surface area (Å²) < 4.78 is 17.0. The molecule has 0 saturated heterocycles. The molecule has 0 radical (unpaired) electrons. The van der Waals surface area contributed by atoms with Gasteiger partial charge in [0.05, 0.1) is 21.3 Å². The Balaban J connectivity index is 1.81. The van der Waals surface area contributed by atoms with E-state index in [1.807, 2.05) is 47.5 Å². The number of rotatable bonds is 4. The zero-order chi connectivity index (χ0) is 22.0. The number of aliphatic imine (C=N–C) groups is 2. The quantitative estimate of drug-likeness (QED) is 0.649. The second-order valence-corrected chi connectivity index (χ2v) is 7.67. The molecule has 7 nitrogen and oxygen atoms in total. The maximum Gasteiger partial charge on any atom is 0.279 e. The summed E-state index contributed by atoms with van der Waals surface area (Å²) in [5.41, 5.74) is 2.13. The van der Waals surface area contributed by atoms with Crippen molar-refractivity contribution in [1.82, 2.24) is 4.90 Å². The lowest BCUT2D eigenvalue weighted by Gasteiger charge is -2.21. The number of carbonyl (C=O) groups is 1. The predicted molar refractivity (Wildman–Crippen MR) is 123 cm³/mol. The normalized spacial score (nSPS) is 16.0. The number of benzene rings is 2. The lowest BCUT2D eigenvalue weighted by atomic mass is 10.1. The summed E-state index contributed by atoms with van der Waals surface area (Å²) in [6.07, 6.45) is 5.75. The highest BCUT2D eigenvalue weighted by atomic mass is 79.9. The van der Waals surface area contributed by atoms with Crippen molar-refractivity contribution in [3.05, 3.63) is 75.9 Å². The molecule has 0 atom stereocenters. The molecular weight excluding hydrogens is 462 g/mol. The standard InChI is InChI=1S/C23H20BrN3O4/c1-29-18-10-15(11-19(30-2)21(18)31-3)23(28)26-22-17-7-5-4-6-14(17)12-27-13-16(24)8-9-20(27)25-22/h4-11,13H,12H2,1-3H3. The minimum Gasteiger partial charge on any atom is -0.493 e. The third-order valence-electron chi connectivity index (χ3n) is 4.90. The molecule has 0 bridgehead atoms. The van der Waals surface area contributed by atoms with Crippen LogP contribution in [0.5, 0.6) is 17.2 Å². The summed E-state index contributed by atoms with van der Waals surface area (Å²) in [5, 5.41) is 0. The molecule has 2 aliphatic rings. The zero-order valence-electron chi connectivity index (χ0n) is 17.3. The number of allylic oxidation sites excluding steroid dienone is 2. The molecule has 0 N–H and O–H groups in total. The molecule has 2 aliphatic heterocycles. The van der Waals surface area contributed by atoms with Gasteiger partial charge < -0.3 is 19.1 Å². The van der Waals surface area contributed by atoms with Gasteiger partial charge in [-0.25, -0.2) is 4.99 Å². The molecule has 0 aliphatic carbocycles. The minimum absolute atomic E-state index is 0.308. The van der Waals surface area contributed by atoms with Gasteiger partial charge >= 0.3 is 0 Å². The first kappa shape index (κ1) is 20.9. The number of hydrogen-bond donors (Lipinski definition) is 0. The summed E-state index contributed by atoms with van der Waals surface area (Å²) >= 11 is 3.50. The second-order valence-electron chi connectivity index (χ2n) is 6.76. The van der Waals surface area contributed by atoms with E-state index in [0.717, 1.165) is 15.6 Å². The molecule has 0 spiro atoms. The van der Waals surface area contributed by atoms with Crippen LogP contribution in [0.3, 0.4) is 0 Å². The summed E-state index contributed by atoms with van der Waals surface area (Å²) in [4.78, 5) is 24.2. The topological polar surface area (TPSA) is 72.7 Å². The molecule has 2 aromatic carbocycles. The number of nitrogens with zero attached hydrogens (tertiary/aromatic N) is 3. The Morgan fingerprint density at radius 2 is 1.77 bits per heavy atom. The Bertz CT molecular complexity index is 1140. The number of methoxy groups -OCH3 is 3. The lowest BCUT2D eigenvalue weighted by molar-refractivity contribution is 0.100. The zero-order valence-corrected chi connectivity index (χ0v) is 18.8. The van der Waals surface area contributed by atoms with Crippen LogP contribution in [-0.2, 0) is 6.54 Å². The highest BCUT2D eigenvalue weighted by molar-refractivity contribution is 9.11. The first-order chi connectivity index (χ1) is 15.0. The van der Waals surface area contributed by atoms with E-state index in [-0.39, 0.29) is 0 Å². The molecule has 0 aromatic heterocycles. The van der Waals surface area contributed by atoms with Crippen LogP contribution in [0, 0.1) is 0 Å². The van der Waals surface area contributed by atoms with Crippen LogP contribution in [0.25, 0.3) is 0 Å². The van der Waals surface area contributed by atoms with Crippen molar-refractivity contribution < 1.29 is 19.0 Å². The molecule has 0 unspecified atom stereocenters. The predicted octanol–water partition coefficient (Wildman–Crippen LogP) is 4.32. The van der Waals surface area contributed by atoms with E-state index in [1.165, 1.54) is 21.3 Å². The van der Waals surface area contributed by atoms with Gasteiger partial charge in [-0.15, -0.1) is 0 Å². The van der Waals surface area contributed by atoms with Crippen molar-refractivity contribution in [2.24, 2.45) is 9.98 Å². The van der Waals surface area contributed by atoms with E-state index in [1.54, 1.807) is 12.1 Å². The highest BCUT2D eigenvalue weighted by Gasteiger charge is 2.23. The van der Waals surface area contributed by atoms with Gasteiger partial charge in [0.1, 0.15) is 5.84 Å². The van der Waals surface area contributed by atoms with Crippen molar-refractivity contribution in [3.8, 4) is 17.2 Å². The number of ether oxygens (including phenoxy) is 3. The third kappa shape index (κ3) is 4.11. The Morgan fingerprint density at radius 3 is 2.45 bits per heavy atom. The molecule has 31 heavy (non-hydrogen) atoms. The van der Waals surface area contributed by atoms with Crippen molar-refractivity contribution in [2.75, 3.05) is 21.3 Å². The van der Waals surface area contributed by atoms with Crippen molar-refractivity contribution in [1.29, 1.82) is 0 Å². The van der Waals surface area contributed by atoms with Crippen molar-refractivity contribution in [3.63, 3.8) is 0 Å². The summed E-state index contributed by atoms with van der Waals surface area (Å²) in [5.74, 6) is 1.77. The number of hydrogen-bond acceptors (Lipinski definition) is 5. The summed E-state index contributed by atoms with van der Waals surface area (Å²) in [6.45, 7) is 0.617. The van der Waals surface area contributed by atoms with Gasteiger partial charge in [-0.05, 0) is 45.8 Å². The molecule has 4 rings (SSSR count). The Morgan fingerprint density at radius 1 is 1.06 bits per heavy atom. The maximum atomic E-state index is 13.1. The van der Waals surface area contributed by atoms with Gasteiger partial charge in [-0.3, -0.25) is 4.79 Å². The molecule has 2 heterocycles. The van der Waals surface area contributed by atoms with E-state index in [4.69, 9.17) is 19.2 Å². The molecule has 2 aromatic rings. The number of amidine groups is 2. The molecule has 8 heteroatoms. The molecule has 158 valence electrons. The fraction of sp³-hybridized carbons (Fsp3) is 0.174. The number of halogens is 1. The largest absolute Gasteiger partial charge is 0.493 e. The van der Waals surface area contributed by atoms with Crippen LogP contribution in [-0.4, -0.2) is 43.8 Å². The van der Waals surface area contributed by atoms with Gasteiger partial charge in [0.25, 0.3) is 5.91 Å². The summed E-state index contributed by atoms with van der Waals surface area (Å²) in [7, 11) is 4.51. The average Bonchev–Trinajstić information content (AvgIpc) is 2.94. The Labute approximate surface area is 188 Å². The molecular formula is C23H20BrN3O4. The van der Waals surface area contributed by atoms with Crippen LogP contribution in [0.2, 0.25) is 0 Å². The number of amides is 1. The van der Waals surface area contributed by atoms with E-state index in [2.05, 4.69) is 20.9 Å². The van der Waals surface area contributed by atoms with Crippen LogP contribution >= 0.6 is 15.9 Å². The highest BCUT2D eigenvalue weighted by Crippen LogP contribution is 2.38. The monoisotopic (exact) mass is 481 g/mol. The van der Waals surface area contributed by atoms with Gasteiger partial charge in [0, 0.05) is 28.4 Å². The molecule has 1 amide bonds. The van der Waals surface area contributed by atoms with Crippen molar-refractivity contribution in [2.45, 2.75) is 6.54 Å². The van der Waals surface area contributed by atoms with Crippen LogP contribution in [0.1, 0.15) is 21.5 Å². The van der Waals surface area contributed by atoms with Gasteiger partial charge in [-0.2, -0.15) is 4.99 Å².